The van der Waals surface area contributed by atoms with Crippen molar-refractivity contribution in [2.75, 3.05) is 38.0 Å². The minimum Gasteiger partial charge on any atom is -0.455 e. The smallest absolute Gasteiger partial charge is 0.410 e. The number of carbonyl (C=O) groups excluding carboxylic acids is 3. The fourth-order valence-corrected chi connectivity index (χ4v) is 5.97. The molecule has 9 nitrogen and oxygen atoms in total. The van der Waals surface area contributed by atoms with Crippen LogP contribution in [0.4, 0.5) is 15.3 Å². The molecule has 226 valence electrons. The lowest BCUT2D eigenvalue weighted by molar-refractivity contribution is -0.138. The van der Waals surface area contributed by atoms with Gasteiger partial charge in [0.2, 0.25) is 5.91 Å². The Morgan fingerprint density at radius 1 is 0.884 bits per heavy atom. The number of hydrogen-bond donors (Lipinski definition) is 1. The normalized spacial score (nSPS) is 15.8. The van der Waals surface area contributed by atoms with Gasteiger partial charge in [-0.1, -0.05) is 53.5 Å². The first kappa shape index (κ1) is 30.5. The van der Waals surface area contributed by atoms with E-state index in [0.717, 1.165) is 16.7 Å². The first-order chi connectivity index (χ1) is 20.7. The quantitative estimate of drug-likeness (QED) is 0.323. The molecule has 0 atom stereocenters. The molecular weight excluding hydrogens is 591 g/mol. The molecule has 4 amide bonds. The van der Waals surface area contributed by atoms with E-state index >= 15 is 0 Å². The molecule has 0 radical (unpaired) electrons. The van der Waals surface area contributed by atoms with Crippen LogP contribution in [-0.2, 0) is 16.1 Å². The Bertz CT molecular complexity index is 1470. The summed E-state index contributed by atoms with van der Waals surface area (Å²) in [5, 5.41) is 3.92. The molecule has 5 rings (SSSR count). The first-order valence-corrected chi connectivity index (χ1v) is 15.0. The van der Waals surface area contributed by atoms with Gasteiger partial charge in [-0.05, 0) is 73.7 Å². The number of ether oxygens (including phenoxy) is 2. The number of hydrogen-bond acceptors (Lipinski definition) is 5. The number of piperidine rings is 1. The van der Waals surface area contributed by atoms with E-state index in [-0.39, 0.29) is 31.2 Å². The minimum absolute atomic E-state index is 0.00896. The Balaban J connectivity index is 1.14. The standard InChI is InChI=1S/C32H34Cl2N4O5/c1-21-16-25(34)17-22(2)30(21)43-28-9-8-24(33)18-27(28)35-31(40)37-14-15-38(29(39)19-37)26-10-12-36(13-11-26)32(41)42-20-23-6-4-3-5-7-23/h3-9,16-18,26H,10-15,19-20H2,1-2H3,(H,35,40). The lowest BCUT2D eigenvalue weighted by Crippen LogP contribution is -2.58. The summed E-state index contributed by atoms with van der Waals surface area (Å²) >= 11 is 12.4. The summed E-state index contributed by atoms with van der Waals surface area (Å²) in [6.45, 7) is 5.79. The van der Waals surface area contributed by atoms with Gasteiger partial charge in [-0.2, -0.15) is 0 Å². The predicted octanol–water partition coefficient (Wildman–Crippen LogP) is 6.88. The fourth-order valence-electron chi connectivity index (χ4n) is 5.47. The van der Waals surface area contributed by atoms with Crippen LogP contribution >= 0.6 is 23.2 Å². The summed E-state index contributed by atoms with van der Waals surface area (Å²) in [6.07, 6.45) is 0.969. The Kier molecular flexibility index (Phi) is 9.62. The largest absolute Gasteiger partial charge is 0.455 e. The van der Waals surface area contributed by atoms with Crippen molar-refractivity contribution < 1.29 is 23.9 Å². The number of carbonyl (C=O) groups is 3. The predicted molar refractivity (Wildman–Crippen MR) is 166 cm³/mol. The molecule has 0 aliphatic carbocycles. The summed E-state index contributed by atoms with van der Waals surface area (Å²) in [7, 11) is 0. The van der Waals surface area contributed by atoms with Crippen molar-refractivity contribution in [3.05, 3.63) is 87.4 Å². The van der Waals surface area contributed by atoms with E-state index in [2.05, 4.69) is 5.32 Å². The molecule has 2 aliphatic rings. The molecule has 1 N–H and O–H groups in total. The van der Waals surface area contributed by atoms with E-state index in [1.54, 1.807) is 23.1 Å². The van der Waals surface area contributed by atoms with Crippen LogP contribution in [0.1, 0.15) is 29.5 Å². The monoisotopic (exact) mass is 624 g/mol. The van der Waals surface area contributed by atoms with Crippen LogP contribution in [0.2, 0.25) is 10.0 Å². The summed E-state index contributed by atoms with van der Waals surface area (Å²) in [4.78, 5) is 43.9. The van der Waals surface area contributed by atoms with Crippen molar-refractivity contribution in [3.8, 4) is 11.5 Å². The molecule has 0 spiro atoms. The lowest BCUT2D eigenvalue weighted by Gasteiger charge is -2.42. The van der Waals surface area contributed by atoms with Gasteiger partial charge in [0.15, 0.2) is 5.75 Å². The maximum Gasteiger partial charge on any atom is 0.410 e. The second-order valence-corrected chi connectivity index (χ2v) is 11.7. The number of benzene rings is 3. The van der Waals surface area contributed by atoms with Gasteiger partial charge in [0.25, 0.3) is 0 Å². The van der Waals surface area contributed by atoms with Gasteiger partial charge in [0, 0.05) is 42.3 Å². The highest BCUT2D eigenvalue weighted by Crippen LogP contribution is 2.36. The zero-order valence-electron chi connectivity index (χ0n) is 24.1. The highest BCUT2D eigenvalue weighted by atomic mass is 35.5. The first-order valence-electron chi connectivity index (χ1n) is 14.2. The van der Waals surface area contributed by atoms with Crippen LogP contribution in [0.5, 0.6) is 11.5 Å². The fraction of sp³-hybridized carbons (Fsp3) is 0.344. The number of halogens is 2. The van der Waals surface area contributed by atoms with Gasteiger partial charge in [-0.3, -0.25) is 4.79 Å². The van der Waals surface area contributed by atoms with Crippen molar-refractivity contribution in [1.82, 2.24) is 14.7 Å². The average molecular weight is 626 g/mol. The molecule has 3 aromatic carbocycles. The zero-order valence-corrected chi connectivity index (χ0v) is 25.7. The number of nitrogens with zero attached hydrogens (tertiary/aromatic N) is 3. The second-order valence-electron chi connectivity index (χ2n) is 10.8. The van der Waals surface area contributed by atoms with Gasteiger partial charge in [-0.25, -0.2) is 9.59 Å². The highest BCUT2D eigenvalue weighted by molar-refractivity contribution is 6.31. The molecule has 3 aromatic rings. The molecule has 43 heavy (non-hydrogen) atoms. The molecule has 0 saturated carbocycles. The van der Waals surface area contributed by atoms with E-state index in [1.165, 1.54) is 4.90 Å². The van der Waals surface area contributed by atoms with Crippen LogP contribution in [0.15, 0.2) is 60.7 Å². The van der Waals surface area contributed by atoms with Crippen LogP contribution in [0, 0.1) is 13.8 Å². The summed E-state index contributed by atoms with van der Waals surface area (Å²) in [5.74, 6) is 0.938. The molecular formula is C32H34Cl2N4O5. The third kappa shape index (κ3) is 7.53. The third-order valence-electron chi connectivity index (χ3n) is 7.73. The van der Waals surface area contributed by atoms with E-state index in [9.17, 15) is 14.4 Å². The zero-order chi connectivity index (χ0) is 30.5. The highest BCUT2D eigenvalue weighted by Gasteiger charge is 2.34. The molecule has 2 heterocycles. The number of amides is 4. The van der Waals surface area contributed by atoms with E-state index < -0.39 is 6.03 Å². The number of rotatable bonds is 6. The van der Waals surface area contributed by atoms with Gasteiger partial charge in [0.1, 0.15) is 18.9 Å². The van der Waals surface area contributed by atoms with Crippen molar-refractivity contribution in [3.63, 3.8) is 0 Å². The topological polar surface area (TPSA) is 91.4 Å². The van der Waals surface area contributed by atoms with Crippen molar-refractivity contribution in [1.29, 1.82) is 0 Å². The van der Waals surface area contributed by atoms with Gasteiger partial charge >= 0.3 is 12.1 Å². The van der Waals surface area contributed by atoms with E-state index in [0.29, 0.717) is 66.3 Å². The van der Waals surface area contributed by atoms with E-state index in [1.807, 2.05) is 61.2 Å². The van der Waals surface area contributed by atoms with Crippen LogP contribution < -0.4 is 10.1 Å². The third-order valence-corrected chi connectivity index (χ3v) is 8.19. The number of nitrogens with one attached hydrogen (secondary N) is 1. The number of likely N-dealkylation sites (tertiary alicyclic amines) is 1. The van der Waals surface area contributed by atoms with Crippen LogP contribution in [-0.4, -0.2) is 71.5 Å². The molecule has 0 unspecified atom stereocenters. The number of piperazine rings is 1. The molecule has 0 aromatic heterocycles. The van der Waals surface area contributed by atoms with Crippen molar-refractivity contribution in [2.24, 2.45) is 0 Å². The Labute approximate surface area is 261 Å². The molecule has 2 saturated heterocycles. The SMILES string of the molecule is Cc1cc(Cl)cc(C)c1Oc1ccc(Cl)cc1NC(=O)N1CCN(C2CCN(C(=O)OCc3ccccc3)CC2)C(=O)C1. The van der Waals surface area contributed by atoms with Crippen LogP contribution in [0.25, 0.3) is 0 Å². The Morgan fingerprint density at radius 2 is 1.58 bits per heavy atom. The van der Waals surface area contributed by atoms with Gasteiger partial charge in [0.05, 0.1) is 5.69 Å². The number of anilines is 1. The maximum atomic E-state index is 13.2. The Hall–Kier alpha value is -3.95. The van der Waals surface area contributed by atoms with Gasteiger partial charge < -0.3 is 29.5 Å². The Morgan fingerprint density at radius 3 is 2.26 bits per heavy atom. The summed E-state index contributed by atoms with van der Waals surface area (Å²) in [5.41, 5.74) is 3.04. The van der Waals surface area contributed by atoms with E-state index in [4.69, 9.17) is 32.7 Å². The second kappa shape index (κ2) is 13.6. The molecule has 11 heteroatoms. The summed E-state index contributed by atoms with van der Waals surface area (Å²) < 4.78 is 11.6. The number of urea groups is 1. The molecule has 2 fully saturated rings. The maximum absolute atomic E-state index is 13.2. The van der Waals surface area contributed by atoms with Crippen molar-refractivity contribution >= 4 is 46.9 Å². The number of aryl methyl sites for hydroxylation is 2. The summed E-state index contributed by atoms with van der Waals surface area (Å²) in [6, 6.07) is 17.8. The van der Waals surface area contributed by atoms with Crippen molar-refractivity contribution in [2.45, 2.75) is 39.3 Å². The lowest BCUT2D eigenvalue weighted by atomic mass is 10.0. The van der Waals surface area contributed by atoms with Crippen LogP contribution in [0.3, 0.4) is 0 Å². The van der Waals surface area contributed by atoms with Gasteiger partial charge in [-0.15, -0.1) is 0 Å². The average Bonchev–Trinajstić information content (AvgIpc) is 2.99. The minimum atomic E-state index is -0.416. The molecule has 2 aliphatic heterocycles. The molecule has 0 bridgehead atoms.